The number of nitrogens with zero attached hydrogens (tertiary/aromatic N) is 1. The van der Waals surface area contributed by atoms with E-state index in [2.05, 4.69) is 15.0 Å². The SMILES string of the molecule is Fc1ccc(Nc2cccc(-c3ccccc3OC(F)(F)F)n2)cc1. The van der Waals surface area contributed by atoms with Crippen molar-refractivity contribution >= 4 is 11.5 Å². The van der Waals surface area contributed by atoms with Crippen LogP contribution in [0.1, 0.15) is 0 Å². The van der Waals surface area contributed by atoms with E-state index < -0.39 is 6.36 Å². The van der Waals surface area contributed by atoms with Crippen molar-refractivity contribution in [1.82, 2.24) is 4.98 Å². The number of rotatable bonds is 4. The number of ether oxygens (including phenoxy) is 1. The summed E-state index contributed by atoms with van der Waals surface area (Å²) in [5.41, 5.74) is 1.13. The molecule has 0 unspecified atom stereocenters. The number of pyridine rings is 1. The van der Waals surface area contributed by atoms with Crippen LogP contribution in [0.3, 0.4) is 0 Å². The third-order valence-electron chi connectivity index (χ3n) is 3.25. The molecule has 0 aliphatic heterocycles. The Hall–Kier alpha value is -3.09. The van der Waals surface area contributed by atoms with Crippen LogP contribution in [0.5, 0.6) is 5.75 Å². The summed E-state index contributed by atoms with van der Waals surface area (Å²) in [4.78, 5) is 4.30. The van der Waals surface area contributed by atoms with Crippen LogP contribution in [0.4, 0.5) is 29.1 Å². The van der Waals surface area contributed by atoms with E-state index in [0.717, 1.165) is 0 Å². The molecule has 3 rings (SSSR count). The standard InChI is InChI=1S/C18H12F4N2O/c19-12-8-10-13(11-9-12)23-17-7-3-5-15(24-17)14-4-1-2-6-16(14)25-18(20,21)22/h1-11H,(H,23,24). The fourth-order valence-electron chi connectivity index (χ4n) is 2.23. The zero-order valence-corrected chi connectivity index (χ0v) is 12.7. The van der Waals surface area contributed by atoms with E-state index in [1.165, 1.54) is 42.5 Å². The fourth-order valence-corrected chi connectivity index (χ4v) is 2.23. The fraction of sp³-hybridized carbons (Fsp3) is 0.0556. The van der Waals surface area contributed by atoms with Gasteiger partial charge in [-0.15, -0.1) is 13.2 Å². The van der Waals surface area contributed by atoms with Crippen molar-refractivity contribution in [2.45, 2.75) is 6.36 Å². The summed E-state index contributed by atoms with van der Waals surface area (Å²) in [6.07, 6.45) is -4.79. The Bertz CT molecular complexity index is 863. The first-order chi connectivity index (χ1) is 11.9. The zero-order chi connectivity index (χ0) is 17.9. The monoisotopic (exact) mass is 348 g/mol. The summed E-state index contributed by atoms with van der Waals surface area (Å²) >= 11 is 0. The molecule has 0 saturated heterocycles. The summed E-state index contributed by atoms with van der Waals surface area (Å²) in [7, 11) is 0. The second-order valence-corrected chi connectivity index (χ2v) is 5.08. The molecule has 1 heterocycles. The number of hydrogen-bond donors (Lipinski definition) is 1. The normalized spacial score (nSPS) is 11.2. The summed E-state index contributed by atoms with van der Waals surface area (Å²) in [5, 5.41) is 2.97. The van der Waals surface area contributed by atoms with Gasteiger partial charge < -0.3 is 10.1 Å². The molecule has 128 valence electrons. The van der Waals surface area contributed by atoms with Crippen molar-refractivity contribution in [2.75, 3.05) is 5.32 Å². The van der Waals surface area contributed by atoms with E-state index in [9.17, 15) is 17.6 Å². The smallest absolute Gasteiger partial charge is 0.405 e. The van der Waals surface area contributed by atoms with Crippen LogP contribution in [0.25, 0.3) is 11.3 Å². The number of hydrogen-bond acceptors (Lipinski definition) is 3. The van der Waals surface area contributed by atoms with Crippen LogP contribution in [0.2, 0.25) is 0 Å². The van der Waals surface area contributed by atoms with Gasteiger partial charge in [0.2, 0.25) is 0 Å². The number of alkyl halides is 3. The van der Waals surface area contributed by atoms with Crippen molar-refractivity contribution in [3.63, 3.8) is 0 Å². The molecule has 0 amide bonds. The van der Waals surface area contributed by atoms with Crippen molar-refractivity contribution in [3.8, 4) is 17.0 Å². The van der Waals surface area contributed by atoms with Crippen molar-refractivity contribution in [3.05, 3.63) is 72.5 Å². The topological polar surface area (TPSA) is 34.1 Å². The van der Waals surface area contributed by atoms with E-state index in [0.29, 0.717) is 17.2 Å². The van der Waals surface area contributed by atoms with Gasteiger partial charge in [-0.05, 0) is 48.5 Å². The minimum absolute atomic E-state index is 0.211. The van der Waals surface area contributed by atoms with Gasteiger partial charge in [-0.2, -0.15) is 0 Å². The van der Waals surface area contributed by atoms with Crippen LogP contribution in [0.15, 0.2) is 66.7 Å². The van der Waals surface area contributed by atoms with Gasteiger partial charge in [-0.1, -0.05) is 18.2 Å². The van der Waals surface area contributed by atoms with Crippen molar-refractivity contribution in [1.29, 1.82) is 0 Å². The Morgan fingerprint density at radius 1 is 0.840 bits per heavy atom. The average molecular weight is 348 g/mol. The lowest BCUT2D eigenvalue weighted by Gasteiger charge is -2.13. The third-order valence-corrected chi connectivity index (χ3v) is 3.25. The number of halogens is 4. The van der Waals surface area contributed by atoms with E-state index in [-0.39, 0.29) is 17.1 Å². The van der Waals surface area contributed by atoms with Gasteiger partial charge in [0.25, 0.3) is 0 Å². The molecule has 0 spiro atoms. The molecule has 0 atom stereocenters. The highest BCUT2D eigenvalue weighted by Crippen LogP contribution is 2.33. The highest BCUT2D eigenvalue weighted by molar-refractivity contribution is 5.69. The molecule has 1 aromatic heterocycles. The molecule has 0 aliphatic rings. The van der Waals surface area contributed by atoms with Crippen molar-refractivity contribution in [2.24, 2.45) is 0 Å². The Morgan fingerprint density at radius 2 is 1.56 bits per heavy atom. The summed E-state index contributed by atoms with van der Waals surface area (Å²) in [5.74, 6) is -0.294. The molecule has 2 aromatic carbocycles. The van der Waals surface area contributed by atoms with Gasteiger partial charge in [-0.3, -0.25) is 0 Å². The second kappa shape index (κ2) is 6.80. The van der Waals surface area contributed by atoms with Gasteiger partial charge in [0.05, 0.1) is 5.69 Å². The van der Waals surface area contributed by atoms with Crippen molar-refractivity contribution < 1.29 is 22.3 Å². The maximum Gasteiger partial charge on any atom is 0.573 e. The lowest BCUT2D eigenvalue weighted by molar-refractivity contribution is -0.274. The molecule has 0 bridgehead atoms. The number of anilines is 2. The number of benzene rings is 2. The maximum atomic E-state index is 12.9. The Labute approximate surface area is 140 Å². The molecule has 0 radical (unpaired) electrons. The van der Waals surface area contributed by atoms with Crippen LogP contribution in [-0.2, 0) is 0 Å². The van der Waals surface area contributed by atoms with Crippen LogP contribution in [0, 0.1) is 5.82 Å². The van der Waals surface area contributed by atoms with E-state index in [4.69, 9.17) is 0 Å². The second-order valence-electron chi connectivity index (χ2n) is 5.08. The minimum Gasteiger partial charge on any atom is -0.405 e. The molecule has 3 nitrogen and oxygen atoms in total. The highest BCUT2D eigenvalue weighted by atomic mass is 19.4. The van der Waals surface area contributed by atoms with Gasteiger partial charge >= 0.3 is 6.36 Å². The number of nitrogens with one attached hydrogen (secondary N) is 1. The van der Waals surface area contributed by atoms with E-state index in [1.807, 2.05) is 0 Å². The first-order valence-corrected chi connectivity index (χ1v) is 7.25. The Balaban J connectivity index is 1.90. The Kier molecular flexibility index (Phi) is 4.56. The molecule has 0 aliphatic carbocycles. The van der Waals surface area contributed by atoms with Gasteiger partial charge in [-0.25, -0.2) is 9.37 Å². The van der Waals surface area contributed by atoms with Gasteiger partial charge in [0, 0.05) is 11.3 Å². The van der Waals surface area contributed by atoms with Crippen LogP contribution in [-0.4, -0.2) is 11.3 Å². The predicted octanol–water partition coefficient (Wildman–Crippen LogP) is 5.53. The maximum absolute atomic E-state index is 12.9. The van der Waals surface area contributed by atoms with E-state index in [1.54, 1.807) is 24.3 Å². The van der Waals surface area contributed by atoms with Crippen LogP contribution < -0.4 is 10.1 Å². The average Bonchev–Trinajstić information content (AvgIpc) is 2.56. The molecule has 25 heavy (non-hydrogen) atoms. The lowest BCUT2D eigenvalue weighted by atomic mass is 10.1. The molecule has 7 heteroatoms. The predicted molar refractivity (Wildman–Crippen MR) is 86.0 cm³/mol. The molecular weight excluding hydrogens is 336 g/mol. The first kappa shape index (κ1) is 16.8. The van der Waals surface area contributed by atoms with Gasteiger partial charge in [0.1, 0.15) is 17.4 Å². The quantitative estimate of drug-likeness (QED) is 0.630. The highest BCUT2D eigenvalue weighted by Gasteiger charge is 2.32. The first-order valence-electron chi connectivity index (χ1n) is 7.25. The lowest BCUT2D eigenvalue weighted by Crippen LogP contribution is -2.17. The molecule has 0 saturated carbocycles. The zero-order valence-electron chi connectivity index (χ0n) is 12.7. The van der Waals surface area contributed by atoms with Crippen LogP contribution >= 0.6 is 0 Å². The third kappa shape index (κ3) is 4.47. The Morgan fingerprint density at radius 3 is 2.28 bits per heavy atom. The molecule has 3 aromatic rings. The summed E-state index contributed by atoms with van der Waals surface area (Å²) in [6, 6.07) is 16.3. The van der Waals surface area contributed by atoms with Gasteiger partial charge in [0.15, 0.2) is 0 Å². The molecule has 0 fully saturated rings. The number of aromatic nitrogens is 1. The summed E-state index contributed by atoms with van der Waals surface area (Å²) in [6.45, 7) is 0. The molecular formula is C18H12F4N2O. The largest absolute Gasteiger partial charge is 0.573 e. The number of para-hydroxylation sites is 1. The molecule has 1 N–H and O–H groups in total. The van der Waals surface area contributed by atoms with E-state index >= 15 is 0 Å². The summed E-state index contributed by atoms with van der Waals surface area (Å²) < 4.78 is 54.7. The minimum atomic E-state index is -4.79.